The van der Waals surface area contributed by atoms with Crippen LogP contribution in [0, 0.1) is 5.41 Å². The first-order valence-electron chi connectivity index (χ1n) is 11.1. The minimum Gasteiger partial charge on any atom is -0.362 e. The molecule has 1 N–H and O–H groups in total. The van der Waals surface area contributed by atoms with Gasteiger partial charge in [0.2, 0.25) is 0 Å². The highest BCUT2D eigenvalue weighted by atomic mass is 16.1. The van der Waals surface area contributed by atoms with Crippen LogP contribution in [-0.4, -0.2) is 29.2 Å². The monoisotopic (exact) mass is 428 g/mol. The number of anilines is 2. The number of allylic oxidation sites excluding steroid dienone is 2. The molecule has 0 saturated carbocycles. The first kappa shape index (κ1) is 20.5. The third kappa shape index (κ3) is 3.06. The summed E-state index contributed by atoms with van der Waals surface area (Å²) in [5, 5.41) is 20.5. The summed E-state index contributed by atoms with van der Waals surface area (Å²) in [4.78, 5) is 15.6. The van der Waals surface area contributed by atoms with E-state index in [1.807, 2.05) is 36.3 Å². The molecule has 3 aliphatic rings. The zero-order chi connectivity index (χ0) is 22.5. The van der Waals surface area contributed by atoms with Crippen molar-refractivity contribution in [2.24, 2.45) is 15.6 Å². The zero-order valence-electron chi connectivity index (χ0n) is 19.0. The quantitative estimate of drug-likeness (QED) is 0.755. The highest BCUT2D eigenvalue weighted by Gasteiger charge is 2.53. The lowest BCUT2D eigenvalue weighted by atomic mass is 9.59. The molecule has 0 amide bonds. The van der Waals surface area contributed by atoms with Crippen molar-refractivity contribution in [2.45, 2.75) is 51.6 Å². The molecule has 0 saturated heterocycles. The Hall–Kier alpha value is -3.35. The van der Waals surface area contributed by atoms with Gasteiger partial charge in [-0.05, 0) is 48.1 Å². The van der Waals surface area contributed by atoms with E-state index in [0.29, 0.717) is 6.42 Å². The minimum atomic E-state index is -0.554. The third-order valence-electron chi connectivity index (χ3n) is 6.94. The second-order valence-corrected chi connectivity index (χ2v) is 9.61. The van der Waals surface area contributed by atoms with Crippen molar-refractivity contribution in [2.75, 3.05) is 11.9 Å². The molecule has 164 valence electrons. The smallest absolute Gasteiger partial charge is 0.164 e. The van der Waals surface area contributed by atoms with Crippen molar-refractivity contribution in [1.29, 1.82) is 0 Å². The zero-order valence-corrected chi connectivity index (χ0v) is 19.0. The number of carbonyl (C=O) groups excluding carboxylic acids is 1. The molecular formula is C25H28N6O. The number of fused-ring (bicyclic) bond motifs is 1. The molecule has 1 aliphatic carbocycles. The third-order valence-corrected chi connectivity index (χ3v) is 6.94. The molecule has 32 heavy (non-hydrogen) atoms. The fraction of sp³-hybridized carbons (Fsp3) is 0.400. The van der Waals surface area contributed by atoms with E-state index in [1.165, 1.54) is 0 Å². The molecule has 7 nitrogen and oxygen atoms in total. The number of Topliss-reactive ketones (excluding diaryl/α,β-unsaturated/α-hetero) is 1. The van der Waals surface area contributed by atoms with Crippen molar-refractivity contribution >= 4 is 17.3 Å². The summed E-state index contributed by atoms with van der Waals surface area (Å²) < 4.78 is 0. The van der Waals surface area contributed by atoms with Crippen molar-refractivity contribution in [1.82, 2.24) is 15.5 Å². The summed E-state index contributed by atoms with van der Waals surface area (Å²) in [5.41, 5.74) is 4.39. The minimum absolute atomic E-state index is 0.0760. The van der Waals surface area contributed by atoms with Gasteiger partial charge in [0.15, 0.2) is 17.8 Å². The normalized spacial score (nSPS) is 25.7. The summed E-state index contributed by atoms with van der Waals surface area (Å²) in [7, 11) is 1.98. The average Bonchev–Trinajstić information content (AvgIpc) is 3.25. The molecule has 2 aromatic rings. The number of aromatic nitrogens is 2. The molecule has 7 heteroatoms. The van der Waals surface area contributed by atoms with Crippen molar-refractivity contribution in [3.63, 3.8) is 0 Å². The van der Waals surface area contributed by atoms with Crippen LogP contribution >= 0.6 is 0 Å². The van der Waals surface area contributed by atoms with Crippen LogP contribution in [-0.2, 0) is 10.2 Å². The van der Waals surface area contributed by atoms with Gasteiger partial charge in [-0.1, -0.05) is 32.9 Å². The number of benzene rings is 1. The highest BCUT2D eigenvalue weighted by Crippen LogP contribution is 2.54. The Balaban J connectivity index is 1.68. The van der Waals surface area contributed by atoms with Crippen LogP contribution in [0.4, 0.5) is 11.5 Å². The molecule has 1 unspecified atom stereocenters. The van der Waals surface area contributed by atoms with Crippen LogP contribution in [0.15, 0.2) is 75.9 Å². The van der Waals surface area contributed by atoms with Gasteiger partial charge in [0.1, 0.15) is 0 Å². The van der Waals surface area contributed by atoms with Crippen LogP contribution < -0.4 is 10.2 Å². The van der Waals surface area contributed by atoms with E-state index in [2.05, 4.69) is 64.7 Å². The van der Waals surface area contributed by atoms with E-state index in [1.54, 1.807) is 6.20 Å². The van der Waals surface area contributed by atoms with Crippen molar-refractivity contribution in [3.05, 3.63) is 71.2 Å². The first-order chi connectivity index (χ1) is 15.4. The molecule has 3 heterocycles. The Bertz CT molecular complexity index is 1170. The molecule has 0 radical (unpaired) electrons. The van der Waals surface area contributed by atoms with Crippen LogP contribution in [0.5, 0.6) is 0 Å². The fourth-order valence-corrected chi connectivity index (χ4v) is 5.47. The van der Waals surface area contributed by atoms with Gasteiger partial charge < -0.3 is 10.2 Å². The molecule has 1 aromatic heterocycles. The van der Waals surface area contributed by atoms with E-state index >= 15 is 0 Å². The second-order valence-electron chi connectivity index (χ2n) is 9.61. The maximum Gasteiger partial charge on any atom is 0.164 e. The van der Waals surface area contributed by atoms with Gasteiger partial charge in [-0.25, -0.2) is 0 Å². The number of nitrogens with one attached hydrogen (secondary N) is 1. The number of hydrogen-bond acceptors (Lipinski definition) is 7. The Morgan fingerprint density at radius 2 is 2.03 bits per heavy atom. The lowest BCUT2D eigenvalue weighted by molar-refractivity contribution is -0.119. The van der Waals surface area contributed by atoms with Crippen LogP contribution in [0.3, 0.4) is 0 Å². The van der Waals surface area contributed by atoms with Crippen molar-refractivity contribution in [3.8, 4) is 0 Å². The summed E-state index contributed by atoms with van der Waals surface area (Å²) in [6.45, 7) is 6.46. The summed E-state index contributed by atoms with van der Waals surface area (Å²) >= 11 is 0. The van der Waals surface area contributed by atoms with E-state index in [0.717, 1.165) is 46.8 Å². The number of hydrogen-bond donors (Lipinski definition) is 1. The first-order valence-corrected chi connectivity index (χ1v) is 11.1. The van der Waals surface area contributed by atoms with E-state index in [4.69, 9.17) is 0 Å². The maximum absolute atomic E-state index is 13.6. The predicted octanol–water partition coefficient (Wildman–Crippen LogP) is 4.81. The number of carbonyl (C=O) groups is 1. The largest absolute Gasteiger partial charge is 0.362 e. The number of ketones is 1. The standard InChI is InChI=1S/C25H28N6O/c1-5-25(16-8-6-9-17(12-16)31(4)21-10-7-11-26-29-21)18-15-27-30-23(18)28-19-13-24(2,3)14-20(32)22(19)25/h6-12,15,23,28H,5,13-14H2,1-4H3/t23?,25-/m1/s1. The lowest BCUT2D eigenvalue weighted by Gasteiger charge is -2.48. The summed E-state index contributed by atoms with van der Waals surface area (Å²) in [5.74, 6) is 0.975. The average molecular weight is 429 g/mol. The molecule has 0 fully saturated rings. The molecular weight excluding hydrogens is 400 g/mol. The number of rotatable bonds is 4. The molecule has 0 bridgehead atoms. The Morgan fingerprint density at radius 1 is 1.19 bits per heavy atom. The summed E-state index contributed by atoms with van der Waals surface area (Å²) in [6, 6.07) is 12.2. The Morgan fingerprint density at radius 3 is 2.78 bits per heavy atom. The van der Waals surface area contributed by atoms with Gasteiger partial charge in [0.25, 0.3) is 0 Å². The molecule has 2 atom stereocenters. The second kappa shape index (κ2) is 7.36. The SMILES string of the molecule is CC[C@@]1(c2cccc(N(C)c3cccnn3)c2)C2=CN=NC2NC2=C1C(=O)CC(C)(C)C2. The maximum atomic E-state index is 13.6. The van der Waals surface area contributed by atoms with Gasteiger partial charge >= 0.3 is 0 Å². The Labute approximate surface area is 188 Å². The van der Waals surface area contributed by atoms with E-state index in [-0.39, 0.29) is 17.4 Å². The van der Waals surface area contributed by atoms with Gasteiger partial charge in [-0.2, -0.15) is 15.3 Å². The summed E-state index contributed by atoms with van der Waals surface area (Å²) in [6.07, 6.45) is 5.41. The Kier molecular flexibility index (Phi) is 4.73. The van der Waals surface area contributed by atoms with Crippen molar-refractivity contribution < 1.29 is 4.79 Å². The topological polar surface area (TPSA) is 82.8 Å². The predicted molar refractivity (Wildman–Crippen MR) is 123 cm³/mol. The molecule has 0 spiro atoms. The van der Waals surface area contributed by atoms with E-state index in [9.17, 15) is 4.79 Å². The van der Waals surface area contributed by atoms with Gasteiger partial charge in [0.05, 0.1) is 11.6 Å². The fourth-order valence-electron chi connectivity index (χ4n) is 5.47. The van der Waals surface area contributed by atoms with Crippen LogP contribution in [0.2, 0.25) is 0 Å². The van der Waals surface area contributed by atoms with Crippen LogP contribution in [0.1, 0.15) is 45.6 Å². The van der Waals surface area contributed by atoms with Gasteiger partial charge in [-0.3, -0.25) is 4.79 Å². The van der Waals surface area contributed by atoms with Gasteiger partial charge in [0, 0.05) is 42.2 Å². The highest BCUT2D eigenvalue weighted by molar-refractivity contribution is 6.01. The molecule has 1 aromatic carbocycles. The van der Waals surface area contributed by atoms with Crippen LogP contribution in [0.25, 0.3) is 0 Å². The molecule has 2 aliphatic heterocycles. The molecule has 5 rings (SSSR count). The number of nitrogens with zero attached hydrogens (tertiary/aromatic N) is 5. The van der Waals surface area contributed by atoms with E-state index < -0.39 is 5.41 Å². The van der Waals surface area contributed by atoms with Gasteiger partial charge in [-0.15, -0.1) is 5.10 Å². The lowest BCUT2D eigenvalue weighted by Crippen LogP contribution is -2.51. The number of azo groups is 1.